The van der Waals surface area contributed by atoms with E-state index >= 15 is 0 Å². The van der Waals surface area contributed by atoms with Crippen LogP contribution >= 0.6 is 27.5 Å². The molecule has 0 aliphatic heterocycles. The fourth-order valence-corrected chi connectivity index (χ4v) is 2.11. The van der Waals surface area contributed by atoms with Gasteiger partial charge in [-0.05, 0) is 28.1 Å². The van der Waals surface area contributed by atoms with E-state index in [1.165, 1.54) is 0 Å². The van der Waals surface area contributed by atoms with Gasteiger partial charge < -0.3 is 10.4 Å². The second kappa shape index (κ2) is 5.62. The van der Waals surface area contributed by atoms with Crippen molar-refractivity contribution in [2.45, 2.75) is 6.10 Å². The molecule has 0 bridgehead atoms. The highest BCUT2D eigenvalue weighted by molar-refractivity contribution is 9.10. The Morgan fingerprint density at radius 2 is 2.12 bits per heavy atom. The van der Waals surface area contributed by atoms with Gasteiger partial charge in [-0.25, -0.2) is 0 Å². The summed E-state index contributed by atoms with van der Waals surface area (Å²) in [6, 6.07) is 3.77. The van der Waals surface area contributed by atoms with Crippen LogP contribution in [0.1, 0.15) is 0 Å². The molecule has 0 saturated carbocycles. The molecular weight excluding hydrogens is 305 g/mol. The van der Waals surface area contributed by atoms with Gasteiger partial charge >= 0.3 is 0 Å². The number of aliphatic hydroxyl groups excluding tert-OH is 1. The summed E-state index contributed by atoms with van der Waals surface area (Å²) in [6.07, 6.45) is 2.73. The first-order valence-electron chi connectivity index (χ1n) is 5.09. The molecule has 17 heavy (non-hydrogen) atoms. The summed E-state index contributed by atoms with van der Waals surface area (Å²) in [5.41, 5.74) is 2.47. The summed E-state index contributed by atoms with van der Waals surface area (Å²) in [5.74, 6) is 0.206. The molecule has 0 spiro atoms. The van der Waals surface area contributed by atoms with Crippen LogP contribution in [-0.2, 0) is 0 Å². The zero-order chi connectivity index (χ0) is 12.3. The Balaban J connectivity index is 2.26. The average molecular weight is 317 g/mol. The van der Waals surface area contributed by atoms with E-state index in [9.17, 15) is 5.11 Å². The lowest BCUT2D eigenvalue weighted by molar-refractivity contribution is 0.211. The zero-order valence-corrected chi connectivity index (χ0v) is 11.2. The second-order valence-corrected chi connectivity index (χ2v) is 4.64. The minimum Gasteiger partial charge on any atom is -0.390 e. The van der Waals surface area contributed by atoms with Gasteiger partial charge in [0.05, 0.1) is 27.7 Å². The molecule has 6 heteroatoms. The minimum atomic E-state index is -0.568. The van der Waals surface area contributed by atoms with Crippen molar-refractivity contribution in [3.8, 4) is 0 Å². The quantitative estimate of drug-likeness (QED) is 0.851. The van der Waals surface area contributed by atoms with Gasteiger partial charge in [0.25, 0.3) is 0 Å². The number of hydrogen-bond acceptors (Lipinski definition) is 4. The van der Waals surface area contributed by atoms with Gasteiger partial charge in [0.15, 0.2) is 0 Å². The van der Waals surface area contributed by atoms with Crippen molar-refractivity contribution in [2.75, 3.05) is 17.7 Å². The molecular formula is C11H11BrClN3O. The van der Waals surface area contributed by atoms with E-state index in [1.54, 1.807) is 12.4 Å². The Morgan fingerprint density at radius 3 is 2.88 bits per heavy atom. The number of nitrogens with one attached hydrogen (secondary N) is 1. The minimum absolute atomic E-state index is 0.206. The first kappa shape index (κ1) is 12.5. The molecule has 0 radical (unpaired) electrons. The molecule has 2 rings (SSSR count). The number of aliphatic hydroxyl groups is 1. The summed E-state index contributed by atoms with van der Waals surface area (Å²) in [7, 11) is 0. The highest BCUT2D eigenvalue weighted by Gasteiger charge is 2.08. The van der Waals surface area contributed by atoms with Crippen LogP contribution in [0, 0.1) is 0 Å². The zero-order valence-electron chi connectivity index (χ0n) is 8.90. The molecule has 1 aromatic carbocycles. The number of anilines is 1. The topological polar surface area (TPSA) is 58.0 Å². The Kier molecular flexibility index (Phi) is 4.15. The Morgan fingerprint density at radius 1 is 1.35 bits per heavy atom. The highest BCUT2D eigenvalue weighted by atomic mass is 79.9. The number of rotatable bonds is 4. The van der Waals surface area contributed by atoms with E-state index in [0.29, 0.717) is 6.54 Å². The van der Waals surface area contributed by atoms with Crippen molar-refractivity contribution in [2.24, 2.45) is 0 Å². The molecule has 1 aromatic heterocycles. The summed E-state index contributed by atoms with van der Waals surface area (Å²) in [6.45, 7) is 0.397. The van der Waals surface area contributed by atoms with Crippen molar-refractivity contribution >= 4 is 44.3 Å². The lowest BCUT2D eigenvalue weighted by Crippen LogP contribution is -2.20. The third kappa shape index (κ3) is 2.86. The van der Waals surface area contributed by atoms with Crippen LogP contribution < -0.4 is 5.32 Å². The first-order chi connectivity index (χ1) is 8.22. The van der Waals surface area contributed by atoms with Gasteiger partial charge in [-0.1, -0.05) is 0 Å². The fraction of sp³-hybridized carbons (Fsp3) is 0.273. The molecule has 0 amide bonds. The van der Waals surface area contributed by atoms with Gasteiger partial charge in [-0.3, -0.25) is 9.97 Å². The van der Waals surface area contributed by atoms with Crippen LogP contribution in [-0.4, -0.2) is 33.6 Å². The summed E-state index contributed by atoms with van der Waals surface area (Å²) in [5, 5.41) is 12.5. The van der Waals surface area contributed by atoms with Gasteiger partial charge in [0.1, 0.15) is 5.52 Å². The molecule has 90 valence electrons. The van der Waals surface area contributed by atoms with Crippen LogP contribution in [0.15, 0.2) is 29.0 Å². The Labute approximate surface area is 112 Å². The maximum absolute atomic E-state index is 9.39. The molecule has 2 N–H and O–H groups in total. The smallest absolute Gasteiger partial charge is 0.105 e. The lowest BCUT2D eigenvalue weighted by atomic mass is 10.2. The molecule has 0 aliphatic carbocycles. The maximum Gasteiger partial charge on any atom is 0.105 e. The molecule has 2 aromatic rings. The Hall–Kier alpha value is -0.910. The standard InChI is InChI=1S/C11H11BrClN3O/c12-10-8(16-6-7(17)5-13)1-2-9-11(10)15-4-3-14-9/h1-4,7,16-17H,5-6H2. The summed E-state index contributed by atoms with van der Waals surface area (Å²) < 4.78 is 0.838. The van der Waals surface area contributed by atoms with Gasteiger partial charge in [-0.15, -0.1) is 11.6 Å². The van der Waals surface area contributed by atoms with Gasteiger partial charge in [0.2, 0.25) is 0 Å². The average Bonchev–Trinajstić information content (AvgIpc) is 2.38. The van der Waals surface area contributed by atoms with Crippen LogP contribution in [0.4, 0.5) is 5.69 Å². The van der Waals surface area contributed by atoms with Crippen LogP contribution in [0.3, 0.4) is 0 Å². The van der Waals surface area contributed by atoms with Gasteiger partial charge in [0, 0.05) is 18.9 Å². The third-order valence-corrected chi connectivity index (χ3v) is 3.44. The number of fused-ring (bicyclic) bond motifs is 1. The van der Waals surface area contributed by atoms with Crippen molar-refractivity contribution < 1.29 is 5.11 Å². The molecule has 0 aliphatic rings. The predicted molar refractivity (Wildman–Crippen MR) is 72.5 cm³/mol. The molecule has 1 atom stereocenters. The van der Waals surface area contributed by atoms with Crippen LogP contribution in [0.5, 0.6) is 0 Å². The first-order valence-corrected chi connectivity index (χ1v) is 6.42. The second-order valence-electron chi connectivity index (χ2n) is 3.54. The summed E-state index contributed by atoms with van der Waals surface area (Å²) >= 11 is 9.00. The fourth-order valence-electron chi connectivity index (χ4n) is 1.42. The number of aromatic nitrogens is 2. The SMILES string of the molecule is OC(CCl)CNc1ccc2nccnc2c1Br. The molecule has 1 unspecified atom stereocenters. The van der Waals surface area contributed by atoms with Gasteiger partial charge in [-0.2, -0.15) is 0 Å². The highest BCUT2D eigenvalue weighted by Crippen LogP contribution is 2.28. The van der Waals surface area contributed by atoms with Crippen molar-refractivity contribution in [3.05, 3.63) is 29.0 Å². The van der Waals surface area contributed by atoms with E-state index in [0.717, 1.165) is 21.2 Å². The Bertz CT molecular complexity index is 523. The van der Waals surface area contributed by atoms with E-state index < -0.39 is 6.10 Å². The third-order valence-electron chi connectivity index (χ3n) is 2.29. The van der Waals surface area contributed by atoms with Crippen LogP contribution in [0.25, 0.3) is 11.0 Å². The lowest BCUT2D eigenvalue weighted by Gasteiger charge is -2.12. The molecule has 0 saturated heterocycles. The van der Waals surface area contributed by atoms with E-state index in [2.05, 4.69) is 31.2 Å². The van der Waals surface area contributed by atoms with Crippen molar-refractivity contribution in [3.63, 3.8) is 0 Å². The van der Waals surface area contributed by atoms with E-state index in [-0.39, 0.29) is 5.88 Å². The number of nitrogens with zero attached hydrogens (tertiary/aromatic N) is 2. The number of benzene rings is 1. The molecule has 0 fully saturated rings. The number of halogens is 2. The predicted octanol–water partition coefficient (Wildman–Crippen LogP) is 2.40. The number of hydrogen-bond donors (Lipinski definition) is 2. The normalized spacial score (nSPS) is 12.6. The summed E-state index contributed by atoms with van der Waals surface area (Å²) in [4.78, 5) is 8.45. The van der Waals surface area contributed by atoms with E-state index in [4.69, 9.17) is 11.6 Å². The monoisotopic (exact) mass is 315 g/mol. The van der Waals surface area contributed by atoms with E-state index in [1.807, 2.05) is 12.1 Å². The van der Waals surface area contributed by atoms with Crippen molar-refractivity contribution in [1.29, 1.82) is 0 Å². The van der Waals surface area contributed by atoms with Crippen LogP contribution in [0.2, 0.25) is 0 Å². The molecule has 4 nitrogen and oxygen atoms in total. The maximum atomic E-state index is 9.39. The largest absolute Gasteiger partial charge is 0.390 e. The number of alkyl halides is 1. The van der Waals surface area contributed by atoms with Crippen molar-refractivity contribution in [1.82, 2.24) is 9.97 Å². The molecule has 1 heterocycles.